The zero-order valence-corrected chi connectivity index (χ0v) is 12.4. The van der Waals surface area contributed by atoms with Crippen LogP contribution in [-0.4, -0.2) is 14.7 Å². The van der Waals surface area contributed by atoms with E-state index in [2.05, 4.69) is 13.8 Å². The lowest BCUT2D eigenvalue weighted by Crippen LogP contribution is -2.16. The number of hydrogen-bond acceptors (Lipinski definition) is 2. The predicted molar refractivity (Wildman–Crippen MR) is 78.3 cm³/mol. The molecule has 5 heteroatoms. The van der Waals surface area contributed by atoms with Gasteiger partial charge in [-0.3, -0.25) is 4.79 Å². The van der Waals surface area contributed by atoms with E-state index in [0.29, 0.717) is 5.92 Å². The van der Waals surface area contributed by atoms with Crippen molar-refractivity contribution in [2.75, 3.05) is 0 Å². The molecule has 0 fully saturated rings. The highest BCUT2D eigenvalue weighted by Gasteiger charge is 2.28. The molecule has 0 rings (SSSR count). The van der Waals surface area contributed by atoms with E-state index in [9.17, 15) is 9.90 Å². The molecule has 18 heavy (non-hydrogen) atoms. The summed E-state index contributed by atoms with van der Waals surface area (Å²) in [6.45, 7) is 4.13. The number of aliphatic hydroxyl groups excluding tert-OH is 1. The van der Waals surface area contributed by atoms with Crippen molar-refractivity contribution < 1.29 is 9.90 Å². The highest BCUT2D eigenvalue weighted by molar-refractivity contribution is 6.77. The quantitative estimate of drug-likeness (QED) is 0.346. The van der Waals surface area contributed by atoms with Crippen LogP contribution in [-0.2, 0) is 4.79 Å². The second-order valence-electron chi connectivity index (χ2n) is 3.80. The maximum atomic E-state index is 11.2. The van der Waals surface area contributed by atoms with Gasteiger partial charge in [0, 0.05) is 6.08 Å². The van der Waals surface area contributed by atoms with Crippen LogP contribution in [0.3, 0.4) is 0 Å². The number of hydrogen-bond donors (Lipinski definition) is 1. The van der Waals surface area contributed by atoms with Crippen LogP contribution < -0.4 is 0 Å². The van der Waals surface area contributed by atoms with Gasteiger partial charge in [0.1, 0.15) is 5.76 Å². The number of allylic oxidation sites excluding steroid dienone is 7. The molecular weight excluding hydrogens is 294 g/mol. The summed E-state index contributed by atoms with van der Waals surface area (Å²) in [6, 6.07) is 0. The molecule has 0 heterocycles. The van der Waals surface area contributed by atoms with Crippen LogP contribution in [0, 0.1) is 5.92 Å². The lowest BCUT2D eigenvalue weighted by molar-refractivity contribution is -0.113. The Morgan fingerprint density at radius 2 is 1.67 bits per heavy atom. The lowest BCUT2D eigenvalue weighted by atomic mass is 10.2. The van der Waals surface area contributed by atoms with E-state index >= 15 is 0 Å². The first kappa shape index (κ1) is 17.3. The van der Waals surface area contributed by atoms with Crippen molar-refractivity contribution in [3.8, 4) is 0 Å². The summed E-state index contributed by atoms with van der Waals surface area (Å²) in [5.41, 5.74) is 0. The number of rotatable bonds is 5. The Kier molecular flexibility index (Phi) is 8.08. The van der Waals surface area contributed by atoms with Crippen molar-refractivity contribution in [2.45, 2.75) is 17.6 Å². The van der Waals surface area contributed by atoms with Crippen molar-refractivity contribution >= 4 is 40.6 Å². The summed E-state index contributed by atoms with van der Waals surface area (Å²) in [5.74, 6) is -0.587. The highest BCUT2D eigenvalue weighted by Crippen LogP contribution is 2.27. The first-order valence-corrected chi connectivity index (χ1v) is 6.40. The van der Waals surface area contributed by atoms with Gasteiger partial charge in [-0.15, -0.1) is 0 Å². The molecule has 0 bridgehead atoms. The molecule has 1 N–H and O–H groups in total. The van der Waals surface area contributed by atoms with E-state index < -0.39 is 9.58 Å². The minimum atomic E-state index is -2.04. The Morgan fingerprint density at radius 3 is 2.17 bits per heavy atom. The fourth-order valence-corrected chi connectivity index (χ4v) is 0.997. The van der Waals surface area contributed by atoms with Gasteiger partial charge < -0.3 is 5.11 Å². The number of ketones is 1. The summed E-state index contributed by atoms with van der Waals surface area (Å²) in [7, 11) is 0. The van der Waals surface area contributed by atoms with Gasteiger partial charge in [0.2, 0.25) is 5.78 Å². The minimum Gasteiger partial charge on any atom is -0.508 e. The number of alkyl halides is 3. The Bertz CT molecular complexity index is 386. The summed E-state index contributed by atoms with van der Waals surface area (Å²) in [5, 5.41) is 9.35. The van der Waals surface area contributed by atoms with Crippen LogP contribution in [0.25, 0.3) is 0 Å². The molecule has 0 spiro atoms. The van der Waals surface area contributed by atoms with Crippen LogP contribution in [0.4, 0.5) is 0 Å². The molecule has 0 unspecified atom stereocenters. The molecule has 0 aromatic rings. The van der Waals surface area contributed by atoms with E-state index in [0.717, 1.165) is 6.08 Å². The molecule has 0 saturated heterocycles. The average molecular weight is 310 g/mol. The Labute approximate surface area is 122 Å². The topological polar surface area (TPSA) is 37.3 Å². The molecule has 0 radical (unpaired) electrons. The first-order valence-electron chi connectivity index (χ1n) is 5.27. The van der Waals surface area contributed by atoms with E-state index in [1.165, 1.54) is 6.08 Å². The zero-order chi connectivity index (χ0) is 14.2. The predicted octanol–water partition coefficient (Wildman–Crippen LogP) is 4.69. The molecule has 2 nitrogen and oxygen atoms in total. The third-order valence-electron chi connectivity index (χ3n) is 1.65. The normalized spacial score (nSPS) is 14.4. The molecule has 0 aromatic heterocycles. The summed E-state index contributed by atoms with van der Waals surface area (Å²) in [6.07, 6.45) is 11.2. The van der Waals surface area contributed by atoms with Crippen molar-refractivity contribution in [1.82, 2.24) is 0 Å². The Hall–Kier alpha value is -0.700. The first-order chi connectivity index (χ1) is 8.23. The number of carbonyl (C=O) groups is 1. The monoisotopic (exact) mass is 308 g/mol. The Morgan fingerprint density at radius 1 is 1.11 bits per heavy atom. The number of halogens is 3. The van der Waals surface area contributed by atoms with Gasteiger partial charge in [0.25, 0.3) is 3.79 Å². The summed E-state index contributed by atoms with van der Waals surface area (Å²) < 4.78 is -2.04. The smallest absolute Gasteiger partial charge is 0.252 e. The van der Waals surface area contributed by atoms with Crippen LogP contribution >= 0.6 is 34.8 Å². The van der Waals surface area contributed by atoms with E-state index in [1.807, 2.05) is 12.2 Å². The molecule has 0 aliphatic heterocycles. The molecule has 0 aliphatic rings. The number of carbonyl (C=O) groups excluding carboxylic acids is 1. The standard InChI is InChI=1S/C13H15Cl3O2/c1-10(2)7-5-3-4-6-8-11(17)9-12(18)13(14,15)16/h3-10,17H,1-2H3/b4-3+,7-5+,8-6+,11-9-. The largest absolute Gasteiger partial charge is 0.508 e. The average Bonchev–Trinajstić information content (AvgIpc) is 2.21. The minimum absolute atomic E-state index is 0.274. The maximum Gasteiger partial charge on any atom is 0.252 e. The van der Waals surface area contributed by atoms with Crippen LogP contribution in [0.2, 0.25) is 0 Å². The van der Waals surface area contributed by atoms with Crippen LogP contribution in [0.15, 0.2) is 48.3 Å². The maximum absolute atomic E-state index is 11.2. The van der Waals surface area contributed by atoms with Gasteiger partial charge in [-0.05, 0) is 12.0 Å². The zero-order valence-electron chi connectivity index (χ0n) is 10.1. The lowest BCUT2D eigenvalue weighted by Gasteiger charge is -2.04. The summed E-state index contributed by atoms with van der Waals surface area (Å²) >= 11 is 16.0. The second kappa shape index (κ2) is 8.41. The van der Waals surface area contributed by atoms with Crippen molar-refractivity contribution in [3.05, 3.63) is 48.3 Å². The van der Waals surface area contributed by atoms with Crippen LogP contribution in [0.5, 0.6) is 0 Å². The summed E-state index contributed by atoms with van der Waals surface area (Å²) in [4.78, 5) is 11.2. The van der Waals surface area contributed by atoms with Crippen LogP contribution in [0.1, 0.15) is 13.8 Å². The molecule has 0 atom stereocenters. The molecule has 0 aliphatic carbocycles. The van der Waals surface area contributed by atoms with Gasteiger partial charge >= 0.3 is 0 Å². The van der Waals surface area contributed by atoms with Crippen molar-refractivity contribution in [1.29, 1.82) is 0 Å². The third-order valence-corrected chi connectivity index (χ3v) is 2.21. The van der Waals surface area contributed by atoms with Gasteiger partial charge in [0.15, 0.2) is 0 Å². The van der Waals surface area contributed by atoms with E-state index in [1.54, 1.807) is 18.2 Å². The molecule has 0 saturated carbocycles. The van der Waals surface area contributed by atoms with Crippen molar-refractivity contribution in [2.24, 2.45) is 5.92 Å². The van der Waals surface area contributed by atoms with Gasteiger partial charge in [0.05, 0.1) is 0 Å². The fourth-order valence-electron chi connectivity index (χ4n) is 0.833. The highest BCUT2D eigenvalue weighted by atomic mass is 35.6. The van der Waals surface area contributed by atoms with Gasteiger partial charge in [-0.25, -0.2) is 0 Å². The van der Waals surface area contributed by atoms with Gasteiger partial charge in [-0.2, -0.15) is 0 Å². The SMILES string of the molecule is CC(C)/C=C/C=C/C=C/C(O)=C/C(=O)C(Cl)(Cl)Cl. The molecular formula is C13H15Cl3O2. The Balaban J connectivity index is 4.36. The fraction of sp³-hybridized carbons (Fsp3) is 0.308. The van der Waals surface area contributed by atoms with E-state index in [4.69, 9.17) is 34.8 Å². The third kappa shape index (κ3) is 9.34. The van der Waals surface area contributed by atoms with Crippen molar-refractivity contribution in [3.63, 3.8) is 0 Å². The molecule has 100 valence electrons. The number of aliphatic hydroxyl groups is 1. The molecule has 0 aromatic carbocycles. The van der Waals surface area contributed by atoms with Gasteiger partial charge in [-0.1, -0.05) is 79.0 Å². The second-order valence-corrected chi connectivity index (χ2v) is 6.09. The molecule has 0 amide bonds. The van der Waals surface area contributed by atoms with E-state index in [-0.39, 0.29) is 5.76 Å².